The van der Waals surface area contributed by atoms with Gasteiger partial charge in [-0.1, -0.05) is 12.1 Å². The number of carbonyl (C=O) groups excluding carboxylic acids is 1. The second-order valence-corrected chi connectivity index (χ2v) is 5.73. The SMILES string of the molecule is CC(NC(=O)Nc1ccccc1Br)c1ncnn1-c1ncccn1. The van der Waals surface area contributed by atoms with E-state index >= 15 is 0 Å². The van der Waals surface area contributed by atoms with Crippen molar-refractivity contribution in [1.82, 2.24) is 30.0 Å². The molecule has 122 valence electrons. The van der Waals surface area contributed by atoms with Crippen LogP contribution in [-0.4, -0.2) is 30.8 Å². The first-order valence-electron chi connectivity index (χ1n) is 7.14. The molecule has 2 amide bonds. The molecule has 1 unspecified atom stereocenters. The van der Waals surface area contributed by atoms with Crippen LogP contribution in [0.3, 0.4) is 0 Å². The fraction of sp³-hybridized carbons (Fsp3) is 0.133. The number of hydrogen-bond acceptors (Lipinski definition) is 5. The molecule has 3 aromatic rings. The molecule has 0 aliphatic heterocycles. The highest BCUT2D eigenvalue weighted by Gasteiger charge is 2.18. The van der Waals surface area contributed by atoms with Gasteiger partial charge in [0.25, 0.3) is 5.95 Å². The van der Waals surface area contributed by atoms with E-state index in [0.29, 0.717) is 17.5 Å². The van der Waals surface area contributed by atoms with E-state index in [9.17, 15) is 4.79 Å². The maximum absolute atomic E-state index is 12.2. The van der Waals surface area contributed by atoms with Gasteiger partial charge >= 0.3 is 6.03 Å². The van der Waals surface area contributed by atoms with Gasteiger partial charge in [-0.25, -0.2) is 19.7 Å². The Hall–Kier alpha value is -2.81. The summed E-state index contributed by atoms with van der Waals surface area (Å²) in [5, 5.41) is 9.71. The summed E-state index contributed by atoms with van der Waals surface area (Å²) in [4.78, 5) is 24.7. The number of halogens is 1. The number of benzene rings is 1. The zero-order chi connectivity index (χ0) is 16.9. The molecular formula is C15H14BrN7O. The van der Waals surface area contributed by atoms with Gasteiger partial charge in [-0.2, -0.15) is 9.78 Å². The first-order valence-corrected chi connectivity index (χ1v) is 7.94. The standard InChI is InChI=1S/C15H14BrN7O/c1-10(21-15(24)22-12-6-3-2-5-11(12)16)13-19-9-20-23(13)14-17-7-4-8-18-14/h2-10H,1H3,(H2,21,22,24). The Morgan fingerprint density at radius 3 is 2.67 bits per heavy atom. The monoisotopic (exact) mass is 387 g/mol. The number of nitrogens with one attached hydrogen (secondary N) is 2. The Kier molecular flexibility index (Phi) is 4.80. The van der Waals surface area contributed by atoms with Crippen LogP contribution in [0.25, 0.3) is 5.95 Å². The molecule has 3 rings (SSSR count). The minimum absolute atomic E-state index is 0.349. The van der Waals surface area contributed by atoms with Crippen LogP contribution in [0, 0.1) is 0 Å². The molecule has 0 saturated carbocycles. The lowest BCUT2D eigenvalue weighted by Crippen LogP contribution is -2.32. The molecule has 2 heterocycles. The summed E-state index contributed by atoms with van der Waals surface area (Å²) >= 11 is 3.39. The van der Waals surface area contributed by atoms with Gasteiger partial charge < -0.3 is 10.6 Å². The number of aromatic nitrogens is 5. The highest BCUT2D eigenvalue weighted by molar-refractivity contribution is 9.10. The molecule has 0 fully saturated rings. The van der Waals surface area contributed by atoms with Crippen molar-refractivity contribution in [1.29, 1.82) is 0 Å². The van der Waals surface area contributed by atoms with E-state index in [1.165, 1.54) is 11.0 Å². The molecule has 0 spiro atoms. The average molecular weight is 388 g/mol. The lowest BCUT2D eigenvalue weighted by Gasteiger charge is -2.15. The highest BCUT2D eigenvalue weighted by Crippen LogP contribution is 2.21. The summed E-state index contributed by atoms with van der Waals surface area (Å²) in [6.07, 6.45) is 4.63. The smallest absolute Gasteiger partial charge is 0.319 e. The van der Waals surface area contributed by atoms with Crippen molar-refractivity contribution in [3.05, 3.63) is 59.3 Å². The Bertz CT molecular complexity index is 837. The molecule has 0 saturated heterocycles. The zero-order valence-corrected chi connectivity index (χ0v) is 14.3. The normalized spacial score (nSPS) is 11.8. The molecule has 2 N–H and O–H groups in total. The second kappa shape index (κ2) is 7.18. The lowest BCUT2D eigenvalue weighted by atomic mass is 10.3. The predicted octanol–water partition coefficient (Wildman–Crippen LogP) is 2.70. The molecule has 0 aliphatic rings. The maximum atomic E-state index is 12.2. The summed E-state index contributed by atoms with van der Waals surface area (Å²) < 4.78 is 2.29. The minimum Gasteiger partial charge on any atom is -0.328 e. The van der Waals surface area contributed by atoms with E-state index in [4.69, 9.17) is 0 Å². The van der Waals surface area contributed by atoms with Crippen LogP contribution in [0.4, 0.5) is 10.5 Å². The third-order valence-corrected chi connectivity index (χ3v) is 3.86. The number of hydrogen-bond donors (Lipinski definition) is 2. The lowest BCUT2D eigenvalue weighted by molar-refractivity contribution is 0.248. The Balaban J connectivity index is 1.72. The van der Waals surface area contributed by atoms with Crippen molar-refractivity contribution in [2.45, 2.75) is 13.0 Å². The first-order chi connectivity index (χ1) is 11.6. The number of nitrogens with zero attached hydrogens (tertiary/aromatic N) is 5. The van der Waals surface area contributed by atoms with Crippen molar-refractivity contribution in [2.75, 3.05) is 5.32 Å². The number of amides is 2. The molecule has 0 radical (unpaired) electrons. The first kappa shape index (κ1) is 16.1. The zero-order valence-electron chi connectivity index (χ0n) is 12.7. The van der Waals surface area contributed by atoms with Crippen LogP contribution < -0.4 is 10.6 Å². The van der Waals surface area contributed by atoms with E-state index in [0.717, 1.165) is 4.47 Å². The van der Waals surface area contributed by atoms with E-state index < -0.39 is 6.04 Å². The number of rotatable bonds is 4. The molecule has 8 nitrogen and oxygen atoms in total. The van der Waals surface area contributed by atoms with Crippen molar-refractivity contribution in [2.24, 2.45) is 0 Å². The van der Waals surface area contributed by atoms with Gasteiger partial charge in [0.2, 0.25) is 0 Å². The fourth-order valence-corrected chi connectivity index (χ4v) is 2.47. The van der Waals surface area contributed by atoms with E-state index in [1.54, 1.807) is 24.5 Å². The van der Waals surface area contributed by atoms with E-state index in [2.05, 4.69) is 46.6 Å². The maximum Gasteiger partial charge on any atom is 0.319 e. The van der Waals surface area contributed by atoms with Gasteiger partial charge in [-0.05, 0) is 41.1 Å². The molecule has 0 bridgehead atoms. The number of para-hydroxylation sites is 1. The molecule has 24 heavy (non-hydrogen) atoms. The van der Waals surface area contributed by atoms with Gasteiger partial charge in [0.1, 0.15) is 6.33 Å². The van der Waals surface area contributed by atoms with Crippen LogP contribution in [0.5, 0.6) is 0 Å². The van der Waals surface area contributed by atoms with Crippen molar-refractivity contribution in [3.63, 3.8) is 0 Å². The number of urea groups is 1. The van der Waals surface area contributed by atoms with Crippen molar-refractivity contribution in [3.8, 4) is 5.95 Å². The largest absolute Gasteiger partial charge is 0.328 e. The number of carbonyl (C=O) groups is 1. The van der Waals surface area contributed by atoms with Gasteiger partial charge in [0.15, 0.2) is 5.82 Å². The van der Waals surface area contributed by atoms with Gasteiger partial charge in [0.05, 0.1) is 11.7 Å². The average Bonchev–Trinajstić information content (AvgIpc) is 3.07. The summed E-state index contributed by atoms with van der Waals surface area (Å²) in [6.45, 7) is 1.81. The summed E-state index contributed by atoms with van der Waals surface area (Å²) in [6, 6.07) is 8.34. The topological polar surface area (TPSA) is 97.6 Å². The molecular weight excluding hydrogens is 374 g/mol. The van der Waals surface area contributed by atoms with Crippen LogP contribution in [0.1, 0.15) is 18.8 Å². The molecule has 1 aromatic carbocycles. The third-order valence-electron chi connectivity index (χ3n) is 3.17. The Morgan fingerprint density at radius 2 is 1.92 bits per heavy atom. The summed E-state index contributed by atoms with van der Waals surface area (Å²) in [7, 11) is 0. The van der Waals surface area contributed by atoms with E-state index in [-0.39, 0.29) is 6.03 Å². The van der Waals surface area contributed by atoms with Gasteiger partial charge in [0, 0.05) is 16.9 Å². The predicted molar refractivity (Wildman–Crippen MR) is 91.7 cm³/mol. The molecule has 9 heteroatoms. The quantitative estimate of drug-likeness (QED) is 0.716. The summed E-state index contributed by atoms with van der Waals surface area (Å²) in [5.41, 5.74) is 0.676. The Morgan fingerprint density at radius 1 is 1.17 bits per heavy atom. The van der Waals surface area contributed by atoms with Gasteiger partial charge in [-0.15, -0.1) is 0 Å². The third kappa shape index (κ3) is 3.57. The van der Waals surface area contributed by atoms with Gasteiger partial charge in [-0.3, -0.25) is 0 Å². The van der Waals surface area contributed by atoms with Crippen molar-refractivity contribution < 1.29 is 4.79 Å². The molecule has 0 aliphatic carbocycles. The fourth-order valence-electron chi connectivity index (χ4n) is 2.08. The van der Waals surface area contributed by atoms with E-state index in [1.807, 2.05) is 25.1 Å². The number of anilines is 1. The minimum atomic E-state index is -0.390. The van der Waals surface area contributed by atoms with Crippen LogP contribution in [-0.2, 0) is 0 Å². The highest BCUT2D eigenvalue weighted by atomic mass is 79.9. The van der Waals surface area contributed by atoms with Crippen LogP contribution in [0.15, 0.2) is 53.5 Å². The van der Waals surface area contributed by atoms with Crippen LogP contribution >= 0.6 is 15.9 Å². The second-order valence-electron chi connectivity index (χ2n) is 4.88. The van der Waals surface area contributed by atoms with Crippen molar-refractivity contribution >= 4 is 27.6 Å². The Labute approximate surface area is 146 Å². The van der Waals surface area contributed by atoms with Crippen LogP contribution in [0.2, 0.25) is 0 Å². The molecule has 2 aromatic heterocycles. The summed E-state index contributed by atoms with van der Waals surface area (Å²) in [5.74, 6) is 0.924. The molecule has 1 atom stereocenters.